The zero-order chi connectivity index (χ0) is 18.2. The van der Waals surface area contributed by atoms with Crippen LogP contribution >= 0.6 is 15.9 Å². The van der Waals surface area contributed by atoms with Gasteiger partial charge in [-0.15, -0.1) is 0 Å². The van der Waals surface area contributed by atoms with Crippen LogP contribution in [-0.4, -0.2) is 11.9 Å². The highest BCUT2D eigenvalue weighted by Crippen LogP contribution is 2.47. The summed E-state index contributed by atoms with van der Waals surface area (Å²) in [7, 11) is 0. The lowest BCUT2D eigenvalue weighted by Gasteiger charge is -2.44. The van der Waals surface area contributed by atoms with E-state index in [-0.39, 0.29) is 11.2 Å². The Labute approximate surface area is 158 Å². The summed E-state index contributed by atoms with van der Waals surface area (Å²) in [4.78, 5) is 0. The number of fused-ring (bicyclic) bond motifs is 1. The molecular formula is C22H26BrFO. The average molecular weight is 405 g/mol. The number of hydrogen-bond acceptors (Lipinski definition) is 1. The Morgan fingerprint density at radius 1 is 1.12 bits per heavy atom. The molecule has 1 unspecified atom stereocenters. The molecule has 0 saturated heterocycles. The van der Waals surface area contributed by atoms with Crippen molar-refractivity contribution in [2.75, 3.05) is 11.9 Å². The lowest BCUT2D eigenvalue weighted by Crippen LogP contribution is -2.41. The van der Waals surface area contributed by atoms with Crippen molar-refractivity contribution in [1.82, 2.24) is 0 Å². The van der Waals surface area contributed by atoms with Crippen molar-refractivity contribution in [1.29, 1.82) is 0 Å². The van der Waals surface area contributed by atoms with Crippen LogP contribution in [0.1, 0.15) is 48.1 Å². The minimum atomic E-state index is -0.531. The third-order valence-corrected chi connectivity index (χ3v) is 6.79. The Morgan fingerprint density at radius 2 is 1.76 bits per heavy atom. The molecule has 0 fully saturated rings. The highest BCUT2D eigenvalue weighted by molar-refractivity contribution is 9.09. The van der Waals surface area contributed by atoms with Crippen LogP contribution in [0.2, 0.25) is 0 Å². The molecule has 0 saturated carbocycles. The van der Waals surface area contributed by atoms with Crippen LogP contribution in [0.25, 0.3) is 0 Å². The smallest absolute Gasteiger partial charge is 0.123 e. The summed E-state index contributed by atoms with van der Waals surface area (Å²) < 4.78 is 20.1. The highest BCUT2D eigenvalue weighted by Gasteiger charge is 2.43. The van der Waals surface area contributed by atoms with Gasteiger partial charge in [0.05, 0.1) is 6.61 Å². The van der Waals surface area contributed by atoms with Gasteiger partial charge in [-0.2, -0.15) is 0 Å². The van der Waals surface area contributed by atoms with Gasteiger partial charge in [0.15, 0.2) is 0 Å². The number of ether oxygens (including phenoxy) is 1. The number of benzene rings is 2. The molecule has 25 heavy (non-hydrogen) atoms. The zero-order valence-electron chi connectivity index (χ0n) is 15.5. The molecule has 0 N–H and O–H groups in total. The number of aryl methyl sites for hydroxylation is 2. The topological polar surface area (TPSA) is 9.23 Å². The third kappa shape index (κ3) is 3.54. The van der Waals surface area contributed by atoms with Gasteiger partial charge in [-0.25, -0.2) is 4.39 Å². The number of hydrogen-bond donors (Lipinski definition) is 0. The van der Waals surface area contributed by atoms with E-state index in [9.17, 15) is 4.39 Å². The average Bonchev–Trinajstić information content (AvgIpc) is 2.57. The van der Waals surface area contributed by atoms with Gasteiger partial charge in [0, 0.05) is 5.33 Å². The van der Waals surface area contributed by atoms with E-state index < -0.39 is 5.60 Å². The number of alkyl halides is 1. The number of rotatable bonds is 4. The van der Waals surface area contributed by atoms with Gasteiger partial charge in [0.25, 0.3) is 0 Å². The number of halogens is 2. The molecule has 0 amide bonds. The van der Waals surface area contributed by atoms with E-state index in [0.717, 1.165) is 23.7 Å². The standard InChI is InChI=1S/C22H26BrFO/c1-15-11-17-9-10-25-22(13-21(3,4)14-23,20(17)12-16(15)2)18-5-7-19(24)8-6-18/h5-8,11-12H,9-10,13-14H2,1-4H3. The van der Waals surface area contributed by atoms with Crippen LogP contribution in [0.4, 0.5) is 4.39 Å². The molecule has 3 rings (SSSR count). The Bertz CT molecular complexity index is 766. The summed E-state index contributed by atoms with van der Waals surface area (Å²) in [6, 6.07) is 11.4. The van der Waals surface area contributed by atoms with Crippen LogP contribution in [0.15, 0.2) is 36.4 Å². The molecule has 1 aliphatic rings. The maximum Gasteiger partial charge on any atom is 0.123 e. The van der Waals surface area contributed by atoms with Gasteiger partial charge < -0.3 is 4.74 Å². The van der Waals surface area contributed by atoms with E-state index in [0.29, 0.717) is 6.61 Å². The van der Waals surface area contributed by atoms with Crippen molar-refractivity contribution >= 4 is 15.9 Å². The first-order valence-electron chi connectivity index (χ1n) is 8.84. The SMILES string of the molecule is Cc1cc2c(cc1C)C(CC(C)(C)CBr)(c1ccc(F)cc1)OCC2. The Hall–Kier alpha value is -1.19. The van der Waals surface area contributed by atoms with E-state index >= 15 is 0 Å². The van der Waals surface area contributed by atoms with Crippen LogP contribution < -0.4 is 0 Å². The molecule has 2 aromatic carbocycles. The van der Waals surface area contributed by atoms with E-state index in [1.807, 2.05) is 12.1 Å². The fourth-order valence-electron chi connectivity index (χ4n) is 3.80. The molecule has 0 bridgehead atoms. The molecule has 1 heterocycles. The van der Waals surface area contributed by atoms with E-state index in [1.165, 1.54) is 34.4 Å². The largest absolute Gasteiger partial charge is 0.365 e. The molecule has 0 radical (unpaired) electrons. The Morgan fingerprint density at radius 3 is 2.40 bits per heavy atom. The molecule has 0 spiro atoms. The normalized spacial score (nSPS) is 20.4. The van der Waals surface area contributed by atoms with Crippen LogP contribution in [0.3, 0.4) is 0 Å². The first kappa shape index (κ1) is 18.6. The van der Waals surface area contributed by atoms with Crippen molar-refractivity contribution in [3.63, 3.8) is 0 Å². The van der Waals surface area contributed by atoms with Gasteiger partial charge in [-0.1, -0.05) is 54.0 Å². The summed E-state index contributed by atoms with van der Waals surface area (Å²) in [5, 5.41) is 0.881. The van der Waals surface area contributed by atoms with Gasteiger partial charge >= 0.3 is 0 Å². The molecule has 1 atom stereocenters. The highest BCUT2D eigenvalue weighted by atomic mass is 79.9. The van der Waals surface area contributed by atoms with E-state index in [1.54, 1.807) is 0 Å². The predicted molar refractivity (Wildman–Crippen MR) is 105 cm³/mol. The predicted octanol–water partition coefficient (Wildman–Crippen LogP) is 6.07. The minimum Gasteiger partial charge on any atom is -0.365 e. The fourth-order valence-corrected chi connectivity index (χ4v) is 4.00. The van der Waals surface area contributed by atoms with Crippen molar-refractivity contribution in [2.24, 2.45) is 5.41 Å². The molecular weight excluding hydrogens is 379 g/mol. The van der Waals surface area contributed by atoms with Gasteiger partial charge in [0.1, 0.15) is 11.4 Å². The monoisotopic (exact) mass is 404 g/mol. The lowest BCUT2D eigenvalue weighted by atomic mass is 9.71. The van der Waals surface area contributed by atoms with Crippen molar-refractivity contribution < 1.29 is 9.13 Å². The summed E-state index contributed by atoms with van der Waals surface area (Å²) in [6.07, 6.45) is 1.76. The quantitative estimate of drug-likeness (QED) is 0.561. The first-order chi connectivity index (χ1) is 11.8. The maximum absolute atomic E-state index is 13.5. The summed E-state index contributed by atoms with van der Waals surface area (Å²) in [5.74, 6) is -0.213. The Balaban J connectivity index is 2.23. The van der Waals surface area contributed by atoms with Gasteiger partial charge in [-0.05, 0) is 72.1 Å². The zero-order valence-corrected chi connectivity index (χ0v) is 17.0. The van der Waals surface area contributed by atoms with Crippen molar-refractivity contribution in [2.45, 2.75) is 46.1 Å². The third-order valence-electron chi connectivity index (χ3n) is 5.27. The molecule has 0 aromatic heterocycles. The molecule has 2 aromatic rings. The summed E-state index contributed by atoms with van der Waals surface area (Å²) in [6.45, 7) is 9.48. The second-order valence-corrected chi connectivity index (χ2v) is 8.56. The van der Waals surface area contributed by atoms with Crippen LogP contribution in [0, 0.1) is 25.1 Å². The van der Waals surface area contributed by atoms with Gasteiger partial charge in [0.2, 0.25) is 0 Å². The summed E-state index contributed by atoms with van der Waals surface area (Å²) in [5.41, 5.74) is 5.72. The molecule has 0 aliphatic carbocycles. The van der Waals surface area contributed by atoms with Crippen LogP contribution in [-0.2, 0) is 16.8 Å². The molecule has 3 heteroatoms. The minimum absolute atomic E-state index is 0.0434. The maximum atomic E-state index is 13.5. The van der Waals surface area contributed by atoms with Crippen molar-refractivity contribution in [3.05, 3.63) is 70.0 Å². The second kappa shape index (κ2) is 6.85. The Kier molecular flexibility index (Phi) is 5.09. The van der Waals surface area contributed by atoms with E-state index in [4.69, 9.17) is 4.74 Å². The first-order valence-corrected chi connectivity index (χ1v) is 9.96. The fraction of sp³-hybridized carbons (Fsp3) is 0.455. The summed E-state index contributed by atoms with van der Waals surface area (Å²) >= 11 is 3.66. The molecule has 1 nitrogen and oxygen atoms in total. The van der Waals surface area contributed by atoms with Crippen molar-refractivity contribution in [3.8, 4) is 0 Å². The lowest BCUT2D eigenvalue weighted by molar-refractivity contribution is -0.0533. The van der Waals surface area contributed by atoms with Crippen LogP contribution in [0.5, 0.6) is 0 Å². The molecule has 1 aliphatic heterocycles. The van der Waals surface area contributed by atoms with Gasteiger partial charge in [-0.3, -0.25) is 0 Å². The van der Waals surface area contributed by atoms with E-state index in [2.05, 4.69) is 55.8 Å². The second-order valence-electron chi connectivity index (χ2n) is 8.00. The molecule has 134 valence electrons.